The molecule has 0 aromatic rings. The minimum absolute atomic E-state index is 0.108. The topological polar surface area (TPSA) is 237 Å². The van der Waals surface area contributed by atoms with E-state index in [4.69, 9.17) is 37.0 Å². The lowest BCUT2D eigenvalue weighted by atomic mass is 10.0. The molecule has 0 bridgehead atoms. The molecule has 0 radical (unpaired) electrons. The van der Waals surface area contributed by atoms with Gasteiger partial charge in [0.15, 0.2) is 12.2 Å². The van der Waals surface area contributed by atoms with E-state index in [1.165, 1.54) is 244 Å². The number of unbranched alkanes of at least 4 members (excludes halogenated alkanes) is 53. The highest BCUT2D eigenvalue weighted by atomic mass is 31.2. The van der Waals surface area contributed by atoms with Crippen molar-refractivity contribution in [2.45, 2.75) is 451 Å². The third kappa shape index (κ3) is 74.3. The minimum Gasteiger partial charge on any atom is -0.462 e. The fourth-order valence-corrected chi connectivity index (χ4v) is 14.2. The van der Waals surface area contributed by atoms with Crippen LogP contribution in [0.25, 0.3) is 0 Å². The van der Waals surface area contributed by atoms with E-state index in [9.17, 15) is 43.2 Å². The number of ether oxygens (including phenoxy) is 4. The van der Waals surface area contributed by atoms with Crippen molar-refractivity contribution in [1.29, 1.82) is 0 Å². The molecule has 0 aromatic carbocycles. The van der Waals surface area contributed by atoms with Crippen LogP contribution >= 0.6 is 15.6 Å². The van der Waals surface area contributed by atoms with E-state index < -0.39 is 97.5 Å². The number of phosphoric ester groups is 2. The predicted molar refractivity (Wildman–Crippen MR) is 409 cm³/mol. The number of esters is 4. The molecule has 0 aliphatic heterocycles. The number of hydrogen-bond acceptors (Lipinski definition) is 15. The average molecular weight is 1470 g/mol. The van der Waals surface area contributed by atoms with E-state index in [2.05, 4.69) is 34.6 Å². The number of carbonyl (C=O) groups excluding carboxylic acids is 4. The van der Waals surface area contributed by atoms with Gasteiger partial charge in [0.2, 0.25) is 0 Å². The SMILES string of the molecule is CCCCCCCCCCCCCCCCCCCCCCCCC(=O)O[C@H](COC(=O)CCCCCCCCCCCCCCCCC(C)C)COP(=O)(O)OC[C@@H](O)COP(=O)(O)OC[C@@H](COC(=O)CCCCCCCCC)OC(=O)CCCCCCCCCCCCCCCC. The molecule has 19 heteroatoms. The molecular formula is C81H158O17P2. The highest BCUT2D eigenvalue weighted by Crippen LogP contribution is 2.45. The third-order valence-electron chi connectivity index (χ3n) is 19.0. The van der Waals surface area contributed by atoms with Gasteiger partial charge in [-0.3, -0.25) is 37.3 Å². The van der Waals surface area contributed by atoms with Gasteiger partial charge in [-0.2, -0.15) is 0 Å². The van der Waals surface area contributed by atoms with E-state index in [0.29, 0.717) is 25.7 Å². The molecule has 0 aliphatic carbocycles. The minimum atomic E-state index is -4.96. The molecule has 3 N–H and O–H groups in total. The van der Waals surface area contributed by atoms with Crippen LogP contribution in [0, 0.1) is 5.92 Å². The summed E-state index contributed by atoms with van der Waals surface area (Å²) in [4.78, 5) is 72.9. The second-order valence-corrected chi connectivity index (χ2v) is 32.5. The molecule has 0 spiro atoms. The van der Waals surface area contributed by atoms with E-state index in [0.717, 1.165) is 109 Å². The van der Waals surface area contributed by atoms with Gasteiger partial charge in [0.25, 0.3) is 0 Å². The van der Waals surface area contributed by atoms with Gasteiger partial charge in [0.05, 0.1) is 26.4 Å². The summed E-state index contributed by atoms with van der Waals surface area (Å²) in [5, 5.41) is 10.6. The van der Waals surface area contributed by atoms with Gasteiger partial charge in [0, 0.05) is 25.7 Å². The maximum atomic E-state index is 13.1. The number of rotatable bonds is 81. The molecule has 0 heterocycles. The van der Waals surface area contributed by atoms with Crippen LogP contribution in [0.4, 0.5) is 0 Å². The standard InChI is InChI=1S/C81H158O17P2/c1-6-9-12-15-18-20-22-24-26-27-28-29-30-31-32-33-39-43-47-52-57-62-67-81(86)98-77(71-92-79(84)65-60-55-50-45-41-38-35-34-36-40-44-49-53-58-63-74(4)5)73-96-100(89,90)94-69-75(82)68-93-99(87,88)95-72-76(70-91-78(83)64-59-54-48-17-14-11-8-3)97-80(85)66-61-56-51-46-42-37-25-23-21-19-16-13-10-7-2/h74-77,82H,6-73H2,1-5H3,(H,87,88)(H,89,90)/t75-,76+,77+/m0/s1. The Hall–Kier alpha value is -1.94. The van der Waals surface area contributed by atoms with E-state index >= 15 is 0 Å². The molecule has 0 saturated heterocycles. The molecule has 594 valence electrons. The average Bonchev–Trinajstić information content (AvgIpc) is 0.938. The smallest absolute Gasteiger partial charge is 0.462 e. The second-order valence-electron chi connectivity index (χ2n) is 29.6. The van der Waals surface area contributed by atoms with Crippen LogP contribution < -0.4 is 0 Å². The molecule has 0 rings (SSSR count). The fraction of sp³-hybridized carbons (Fsp3) is 0.951. The Labute approximate surface area is 613 Å². The highest BCUT2D eigenvalue weighted by molar-refractivity contribution is 7.47. The van der Waals surface area contributed by atoms with Crippen LogP contribution in [0.3, 0.4) is 0 Å². The van der Waals surface area contributed by atoms with Gasteiger partial charge in [0.1, 0.15) is 19.3 Å². The zero-order valence-corrected chi connectivity index (χ0v) is 67.1. The van der Waals surface area contributed by atoms with Crippen molar-refractivity contribution >= 4 is 39.5 Å². The van der Waals surface area contributed by atoms with Crippen LogP contribution in [0.5, 0.6) is 0 Å². The lowest BCUT2D eigenvalue weighted by Crippen LogP contribution is -2.30. The second kappa shape index (κ2) is 73.9. The molecule has 0 saturated carbocycles. The molecule has 5 atom stereocenters. The van der Waals surface area contributed by atoms with Crippen molar-refractivity contribution in [1.82, 2.24) is 0 Å². The van der Waals surface area contributed by atoms with Crippen molar-refractivity contribution in [3.63, 3.8) is 0 Å². The van der Waals surface area contributed by atoms with Crippen molar-refractivity contribution in [2.75, 3.05) is 39.6 Å². The maximum absolute atomic E-state index is 13.1. The van der Waals surface area contributed by atoms with Gasteiger partial charge in [-0.25, -0.2) is 9.13 Å². The first-order chi connectivity index (χ1) is 48.5. The molecule has 0 fully saturated rings. The van der Waals surface area contributed by atoms with E-state index in [1.807, 2.05) is 0 Å². The van der Waals surface area contributed by atoms with Crippen LogP contribution in [-0.4, -0.2) is 96.7 Å². The summed E-state index contributed by atoms with van der Waals surface area (Å²) < 4.78 is 68.6. The Morgan fingerprint density at radius 3 is 0.680 bits per heavy atom. The molecular weight excluding hydrogens is 1310 g/mol. The Balaban J connectivity index is 5.16. The zero-order chi connectivity index (χ0) is 73.4. The number of hydrogen-bond donors (Lipinski definition) is 3. The lowest BCUT2D eigenvalue weighted by Gasteiger charge is -2.21. The first kappa shape index (κ1) is 98.1. The van der Waals surface area contributed by atoms with Gasteiger partial charge in [-0.05, 0) is 31.6 Å². The molecule has 2 unspecified atom stereocenters. The number of aliphatic hydroxyl groups is 1. The molecule has 0 amide bonds. The maximum Gasteiger partial charge on any atom is 0.472 e. The summed E-state index contributed by atoms with van der Waals surface area (Å²) in [6.07, 6.45) is 65.5. The van der Waals surface area contributed by atoms with Gasteiger partial charge < -0.3 is 33.8 Å². The lowest BCUT2D eigenvalue weighted by molar-refractivity contribution is -0.161. The highest BCUT2D eigenvalue weighted by Gasteiger charge is 2.30. The fourth-order valence-electron chi connectivity index (χ4n) is 12.6. The van der Waals surface area contributed by atoms with Crippen molar-refractivity contribution in [3.8, 4) is 0 Å². The zero-order valence-electron chi connectivity index (χ0n) is 65.3. The molecule has 0 aromatic heterocycles. The number of carbonyl (C=O) groups is 4. The van der Waals surface area contributed by atoms with Crippen LogP contribution in [0.1, 0.15) is 433 Å². The largest absolute Gasteiger partial charge is 0.472 e. The normalized spacial score (nSPS) is 13.8. The summed E-state index contributed by atoms with van der Waals surface area (Å²) in [5.41, 5.74) is 0. The quantitative estimate of drug-likeness (QED) is 0.0222. The number of phosphoric acid groups is 2. The first-order valence-electron chi connectivity index (χ1n) is 42.1. The van der Waals surface area contributed by atoms with E-state index in [1.54, 1.807) is 0 Å². The first-order valence-corrected chi connectivity index (χ1v) is 45.1. The summed E-state index contributed by atoms with van der Waals surface area (Å²) in [6.45, 7) is 7.31. The van der Waals surface area contributed by atoms with Crippen LogP contribution in [0.15, 0.2) is 0 Å². The molecule has 0 aliphatic rings. The number of aliphatic hydroxyl groups excluding tert-OH is 1. The Morgan fingerprint density at radius 1 is 0.270 bits per heavy atom. The summed E-state index contributed by atoms with van der Waals surface area (Å²) >= 11 is 0. The molecule has 100 heavy (non-hydrogen) atoms. The van der Waals surface area contributed by atoms with Gasteiger partial charge >= 0.3 is 39.5 Å². The van der Waals surface area contributed by atoms with Crippen molar-refractivity contribution < 1.29 is 80.2 Å². The van der Waals surface area contributed by atoms with Gasteiger partial charge in [-0.1, -0.05) is 381 Å². The van der Waals surface area contributed by atoms with Crippen molar-refractivity contribution in [3.05, 3.63) is 0 Å². The predicted octanol–water partition coefficient (Wildman–Crippen LogP) is 24.4. The monoisotopic (exact) mass is 1470 g/mol. The van der Waals surface area contributed by atoms with Crippen LogP contribution in [-0.2, 0) is 65.4 Å². The summed E-state index contributed by atoms with van der Waals surface area (Å²) in [6, 6.07) is 0. The van der Waals surface area contributed by atoms with Crippen LogP contribution in [0.2, 0.25) is 0 Å². The van der Waals surface area contributed by atoms with E-state index in [-0.39, 0.29) is 25.7 Å². The Kier molecular flexibility index (Phi) is 72.5. The third-order valence-corrected chi connectivity index (χ3v) is 20.9. The van der Waals surface area contributed by atoms with Gasteiger partial charge in [-0.15, -0.1) is 0 Å². The van der Waals surface area contributed by atoms with Crippen molar-refractivity contribution in [2.24, 2.45) is 5.92 Å². The summed E-state index contributed by atoms with van der Waals surface area (Å²) in [5.74, 6) is -1.31. The summed E-state index contributed by atoms with van der Waals surface area (Å²) in [7, 11) is -9.91. The molecule has 17 nitrogen and oxygen atoms in total. The Morgan fingerprint density at radius 2 is 0.460 bits per heavy atom. The Bertz CT molecular complexity index is 1910.